The van der Waals surface area contributed by atoms with Gasteiger partial charge in [0.15, 0.2) is 0 Å². The lowest BCUT2D eigenvalue weighted by Gasteiger charge is -2.14. The Morgan fingerprint density at radius 2 is 1.69 bits per heavy atom. The van der Waals surface area contributed by atoms with Gasteiger partial charge in [0.25, 0.3) is 0 Å². The molecular formula is C27H38O5. The number of allylic oxidation sites excluding steroid dienone is 5. The van der Waals surface area contributed by atoms with Crippen molar-refractivity contribution >= 4 is 5.97 Å². The molecule has 1 rings (SSSR count). The van der Waals surface area contributed by atoms with Crippen molar-refractivity contribution in [2.24, 2.45) is 0 Å². The summed E-state index contributed by atoms with van der Waals surface area (Å²) >= 11 is 0. The van der Waals surface area contributed by atoms with Gasteiger partial charge in [0, 0.05) is 11.1 Å². The zero-order valence-electron chi connectivity index (χ0n) is 19.8. The Hall–Kier alpha value is -2.79. The molecule has 0 amide bonds. The van der Waals surface area contributed by atoms with Crippen molar-refractivity contribution in [1.82, 2.24) is 0 Å². The van der Waals surface area contributed by atoms with E-state index in [1.807, 2.05) is 32.9 Å². The van der Waals surface area contributed by atoms with Crippen LogP contribution in [-0.2, 0) is 11.2 Å². The Morgan fingerprint density at radius 1 is 1.03 bits per heavy atom. The van der Waals surface area contributed by atoms with Gasteiger partial charge in [-0.05, 0) is 95.9 Å². The second-order valence-electron chi connectivity index (χ2n) is 8.63. The van der Waals surface area contributed by atoms with Crippen molar-refractivity contribution < 1.29 is 25.2 Å². The largest absolute Gasteiger partial charge is 0.508 e. The van der Waals surface area contributed by atoms with Gasteiger partial charge in [0.05, 0.1) is 6.10 Å². The van der Waals surface area contributed by atoms with Crippen LogP contribution in [0.4, 0.5) is 0 Å². The van der Waals surface area contributed by atoms with Crippen LogP contribution in [0.5, 0.6) is 11.5 Å². The standard InChI is InChI=1S/C27H38O5/c1-18(2)8-6-10-22(27(31)32)11-7-9-20(4)25(29)15-13-19(3)12-14-23-17-24(28)16-21(5)26(23)30/h8,11-12,16-17,25,28-30H,4,6-7,9-10,13-15H2,1-3,5H3,(H,31,32). The molecule has 0 bridgehead atoms. The molecule has 0 aliphatic heterocycles. The third-order valence-corrected chi connectivity index (χ3v) is 5.42. The molecule has 0 aliphatic rings. The number of aliphatic carboxylic acids is 1. The molecule has 5 nitrogen and oxygen atoms in total. The van der Waals surface area contributed by atoms with Gasteiger partial charge in [0.2, 0.25) is 0 Å². The molecule has 0 fully saturated rings. The number of carboxylic acids is 1. The van der Waals surface area contributed by atoms with Gasteiger partial charge in [-0.1, -0.05) is 36.0 Å². The molecule has 0 aliphatic carbocycles. The predicted molar refractivity (Wildman–Crippen MR) is 130 cm³/mol. The van der Waals surface area contributed by atoms with Crippen molar-refractivity contribution in [3.63, 3.8) is 0 Å². The van der Waals surface area contributed by atoms with Gasteiger partial charge in [0.1, 0.15) is 11.5 Å². The van der Waals surface area contributed by atoms with Crippen molar-refractivity contribution in [3.05, 3.63) is 70.4 Å². The Kier molecular flexibility index (Phi) is 11.6. The quantitative estimate of drug-likeness (QED) is 0.167. The maximum absolute atomic E-state index is 11.4. The average molecular weight is 443 g/mol. The summed E-state index contributed by atoms with van der Waals surface area (Å²) in [4.78, 5) is 11.4. The zero-order chi connectivity index (χ0) is 24.3. The summed E-state index contributed by atoms with van der Waals surface area (Å²) in [6, 6.07) is 3.08. The average Bonchev–Trinajstić information content (AvgIpc) is 2.71. The summed E-state index contributed by atoms with van der Waals surface area (Å²) in [5.74, 6) is -0.577. The van der Waals surface area contributed by atoms with E-state index in [0.29, 0.717) is 67.2 Å². The van der Waals surface area contributed by atoms with E-state index < -0.39 is 12.1 Å². The van der Waals surface area contributed by atoms with Gasteiger partial charge >= 0.3 is 5.97 Å². The summed E-state index contributed by atoms with van der Waals surface area (Å²) in [6.45, 7) is 11.7. The van der Waals surface area contributed by atoms with E-state index in [-0.39, 0.29) is 11.5 Å². The molecule has 0 spiro atoms. The number of aliphatic hydroxyl groups is 1. The highest BCUT2D eigenvalue weighted by atomic mass is 16.4. The fourth-order valence-electron chi connectivity index (χ4n) is 3.35. The molecule has 5 heteroatoms. The van der Waals surface area contributed by atoms with Gasteiger partial charge < -0.3 is 20.4 Å². The molecular weight excluding hydrogens is 404 g/mol. The first-order valence-corrected chi connectivity index (χ1v) is 11.1. The lowest BCUT2D eigenvalue weighted by atomic mass is 9.97. The van der Waals surface area contributed by atoms with E-state index >= 15 is 0 Å². The van der Waals surface area contributed by atoms with E-state index in [1.54, 1.807) is 19.1 Å². The second kappa shape index (κ2) is 13.6. The molecule has 32 heavy (non-hydrogen) atoms. The van der Waals surface area contributed by atoms with Crippen LogP contribution in [0.1, 0.15) is 70.4 Å². The molecule has 4 N–H and O–H groups in total. The van der Waals surface area contributed by atoms with Gasteiger partial charge in [-0.3, -0.25) is 0 Å². The molecule has 0 aromatic heterocycles. The lowest BCUT2D eigenvalue weighted by Crippen LogP contribution is -2.09. The number of aryl methyl sites for hydroxylation is 1. The van der Waals surface area contributed by atoms with E-state index in [4.69, 9.17) is 0 Å². The maximum Gasteiger partial charge on any atom is 0.331 e. The number of benzene rings is 1. The zero-order valence-corrected chi connectivity index (χ0v) is 19.8. The minimum absolute atomic E-state index is 0.130. The summed E-state index contributed by atoms with van der Waals surface area (Å²) in [6.07, 6.45) is 9.08. The number of rotatable bonds is 13. The number of aliphatic hydroxyl groups excluding tert-OH is 1. The SMILES string of the molecule is C=C(CCC=C(CCC=C(C)C)C(=O)O)C(O)CCC(C)=CCc1cc(O)cc(C)c1O. The van der Waals surface area contributed by atoms with E-state index in [2.05, 4.69) is 6.58 Å². The van der Waals surface area contributed by atoms with Crippen molar-refractivity contribution in [2.45, 2.75) is 78.7 Å². The van der Waals surface area contributed by atoms with Crippen LogP contribution >= 0.6 is 0 Å². The molecule has 176 valence electrons. The highest BCUT2D eigenvalue weighted by Crippen LogP contribution is 2.28. The molecule has 1 aromatic carbocycles. The second-order valence-corrected chi connectivity index (χ2v) is 8.63. The van der Waals surface area contributed by atoms with Crippen molar-refractivity contribution in [1.29, 1.82) is 0 Å². The molecule has 0 saturated carbocycles. The Morgan fingerprint density at radius 3 is 2.31 bits per heavy atom. The van der Waals surface area contributed by atoms with Crippen LogP contribution in [-0.4, -0.2) is 32.5 Å². The van der Waals surface area contributed by atoms with Crippen LogP contribution < -0.4 is 0 Å². The number of phenolic OH excluding ortho intramolecular Hbond substituents is 2. The summed E-state index contributed by atoms with van der Waals surface area (Å²) in [7, 11) is 0. The molecule has 1 atom stereocenters. The van der Waals surface area contributed by atoms with Crippen LogP contribution in [0.25, 0.3) is 0 Å². The van der Waals surface area contributed by atoms with Crippen LogP contribution in [0.2, 0.25) is 0 Å². The first kappa shape index (κ1) is 27.2. The summed E-state index contributed by atoms with van der Waals surface area (Å²) in [5, 5.41) is 39.6. The smallest absolute Gasteiger partial charge is 0.331 e. The van der Waals surface area contributed by atoms with E-state index in [1.165, 1.54) is 11.6 Å². The normalized spacial score (nSPS) is 13.0. The number of carbonyl (C=O) groups is 1. The van der Waals surface area contributed by atoms with Gasteiger partial charge in [-0.25, -0.2) is 4.79 Å². The first-order valence-electron chi connectivity index (χ1n) is 11.1. The van der Waals surface area contributed by atoms with Gasteiger partial charge in [-0.15, -0.1) is 0 Å². The minimum Gasteiger partial charge on any atom is -0.508 e. The summed E-state index contributed by atoms with van der Waals surface area (Å²) < 4.78 is 0. The number of phenols is 2. The number of hydrogen-bond donors (Lipinski definition) is 4. The molecule has 1 unspecified atom stereocenters. The predicted octanol–water partition coefficient (Wildman–Crippen LogP) is 6.13. The first-order chi connectivity index (χ1) is 15.0. The number of carboxylic acid groups (broad SMARTS) is 1. The fourth-order valence-corrected chi connectivity index (χ4v) is 3.35. The van der Waals surface area contributed by atoms with Crippen LogP contribution in [0.3, 0.4) is 0 Å². The molecule has 0 saturated heterocycles. The Labute approximate surface area is 192 Å². The Bertz CT molecular complexity index is 886. The van der Waals surface area contributed by atoms with E-state index in [9.17, 15) is 25.2 Å². The summed E-state index contributed by atoms with van der Waals surface area (Å²) in [5.41, 5.74) is 4.64. The van der Waals surface area contributed by atoms with Crippen LogP contribution in [0.15, 0.2) is 59.2 Å². The van der Waals surface area contributed by atoms with E-state index in [0.717, 1.165) is 5.57 Å². The lowest BCUT2D eigenvalue weighted by molar-refractivity contribution is -0.132. The third-order valence-electron chi connectivity index (χ3n) is 5.42. The third kappa shape index (κ3) is 10.0. The van der Waals surface area contributed by atoms with Crippen LogP contribution in [0, 0.1) is 6.92 Å². The minimum atomic E-state index is -0.896. The molecule has 1 aromatic rings. The topological polar surface area (TPSA) is 98.0 Å². The number of aromatic hydroxyl groups is 2. The van der Waals surface area contributed by atoms with Crippen molar-refractivity contribution in [2.75, 3.05) is 0 Å². The van der Waals surface area contributed by atoms with Gasteiger partial charge in [-0.2, -0.15) is 0 Å². The van der Waals surface area contributed by atoms with Crippen molar-refractivity contribution in [3.8, 4) is 11.5 Å². The Balaban J connectivity index is 2.51. The highest BCUT2D eigenvalue weighted by Gasteiger charge is 2.11. The molecule has 0 radical (unpaired) electrons. The monoisotopic (exact) mass is 442 g/mol. The number of hydrogen-bond acceptors (Lipinski definition) is 4. The maximum atomic E-state index is 11.4. The highest BCUT2D eigenvalue weighted by molar-refractivity contribution is 5.86. The molecule has 0 heterocycles. The fraction of sp³-hybridized carbons (Fsp3) is 0.444.